The molecule has 1 rings (SSSR count). The van der Waals surface area contributed by atoms with Gasteiger partial charge in [-0.1, -0.05) is 0 Å². The Morgan fingerprint density at radius 1 is 1.46 bits per heavy atom. The van der Waals surface area contributed by atoms with Gasteiger partial charge in [0.15, 0.2) is 0 Å². The summed E-state index contributed by atoms with van der Waals surface area (Å²) < 4.78 is 37.4. The van der Waals surface area contributed by atoms with Crippen molar-refractivity contribution in [3.05, 3.63) is 27.6 Å². The lowest BCUT2D eigenvalue weighted by atomic mass is 10.3. The normalized spacial score (nSPS) is 11.3. The molecule has 0 fully saturated rings. The van der Waals surface area contributed by atoms with Crippen LogP contribution in [0.25, 0.3) is 0 Å². The molecule has 3 nitrogen and oxygen atoms in total. The van der Waals surface area contributed by atoms with E-state index in [2.05, 4.69) is 4.72 Å². The molecule has 0 unspecified atom stereocenters. The zero-order valence-corrected chi connectivity index (χ0v) is 9.69. The van der Waals surface area contributed by atoms with Gasteiger partial charge in [0.25, 0.3) is 0 Å². The Kier molecular flexibility index (Phi) is 3.12. The first-order valence-electron chi connectivity index (χ1n) is 3.31. The lowest BCUT2D eigenvalue weighted by Gasteiger charge is -2.04. The molecule has 0 bridgehead atoms. The zero-order chi connectivity index (χ0) is 10.1. The minimum absolute atomic E-state index is 0.0191. The number of benzene rings is 1. The largest absolute Gasteiger partial charge is 0.281 e. The van der Waals surface area contributed by atoms with Gasteiger partial charge in [0, 0.05) is 3.57 Å². The lowest BCUT2D eigenvalue weighted by Crippen LogP contribution is -2.10. The minimum Gasteiger partial charge on any atom is -0.281 e. The fourth-order valence-corrected chi connectivity index (χ4v) is 1.82. The lowest BCUT2D eigenvalue weighted by molar-refractivity contribution is 0.603. The summed E-state index contributed by atoms with van der Waals surface area (Å²) in [6.45, 7) is 0. The van der Waals surface area contributed by atoms with Crippen molar-refractivity contribution in [2.75, 3.05) is 11.0 Å². The Bertz CT molecular complexity index is 419. The molecule has 0 heterocycles. The maximum Gasteiger partial charge on any atom is 0.229 e. The Balaban J connectivity index is 3.08. The second-order valence-electron chi connectivity index (χ2n) is 2.50. The first-order chi connectivity index (χ1) is 5.88. The predicted molar refractivity (Wildman–Crippen MR) is 57.6 cm³/mol. The van der Waals surface area contributed by atoms with Gasteiger partial charge in [-0.2, -0.15) is 0 Å². The van der Waals surface area contributed by atoms with Crippen LogP contribution in [-0.2, 0) is 10.0 Å². The fourth-order valence-electron chi connectivity index (χ4n) is 0.775. The number of halogens is 2. The van der Waals surface area contributed by atoms with Gasteiger partial charge in [-0.25, -0.2) is 12.8 Å². The van der Waals surface area contributed by atoms with Crippen molar-refractivity contribution in [2.45, 2.75) is 0 Å². The summed E-state index contributed by atoms with van der Waals surface area (Å²) in [4.78, 5) is 0. The molecule has 0 saturated carbocycles. The number of hydrogen-bond acceptors (Lipinski definition) is 2. The van der Waals surface area contributed by atoms with Crippen molar-refractivity contribution in [3.8, 4) is 0 Å². The van der Waals surface area contributed by atoms with E-state index < -0.39 is 15.8 Å². The molecule has 0 aliphatic rings. The van der Waals surface area contributed by atoms with Crippen LogP contribution in [0.3, 0.4) is 0 Å². The van der Waals surface area contributed by atoms with Crippen LogP contribution >= 0.6 is 22.6 Å². The third-order valence-electron chi connectivity index (χ3n) is 1.22. The number of rotatable bonds is 2. The van der Waals surface area contributed by atoms with Crippen molar-refractivity contribution in [2.24, 2.45) is 0 Å². The second-order valence-corrected chi connectivity index (χ2v) is 5.49. The van der Waals surface area contributed by atoms with Crippen LogP contribution in [-0.4, -0.2) is 14.7 Å². The highest BCUT2D eigenvalue weighted by molar-refractivity contribution is 14.1. The molecule has 1 aromatic rings. The van der Waals surface area contributed by atoms with E-state index in [-0.39, 0.29) is 5.69 Å². The van der Waals surface area contributed by atoms with Gasteiger partial charge in [-0.3, -0.25) is 4.72 Å². The number of anilines is 1. The van der Waals surface area contributed by atoms with Gasteiger partial charge < -0.3 is 0 Å². The Labute approximate surface area is 89.5 Å². The maximum absolute atomic E-state index is 13.0. The van der Waals surface area contributed by atoms with Crippen molar-refractivity contribution >= 4 is 38.3 Å². The van der Waals surface area contributed by atoms with Gasteiger partial charge in [-0.05, 0) is 40.8 Å². The van der Waals surface area contributed by atoms with Gasteiger partial charge >= 0.3 is 0 Å². The van der Waals surface area contributed by atoms with Crippen LogP contribution in [0.5, 0.6) is 0 Å². The first kappa shape index (κ1) is 10.7. The molecule has 0 saturated heterocycles. The number of sulfonamides is 1. The van der Waals surface area contributed by atoms with Crippen molar-refractivity contribution < 1.29 is 12.8 Å². The van der Waals surface area contributed by atoms with Crippen LogP contribution in [0.1, 0.15) is 0 Å². The fraction of sp³-hybridized carbons (Fsp3) is 0.143. The summed E-state index contributed by atoms with van der Waals surface area (Å²) >= 11 is 1.97. The molecule has 0 atom stereocenters. The molecule has 0 aromatic heterocycles. The highest BCUT2D eigenvalue weighted by Gasteiger charge is 2.07. The van der Waals surface area contributed by atoms with Gasteiger partial charge in [0.05, 0.1) is 11.9 Å². The van der Waals surface area contributed by atoms with E-state index in [1.807, 2.05) is 22.6 Å². The SMILES string of the molecule is CS(=O)(=O)Nc1cc(I)ccc1F. The van der Waals surface area contributed by atoms with Crippen molar-refractivity contribution in [3.63, 3.8) is 0 Å². The summed E-state index contributed by atoms with van der Waals surface area (Å²) in [7, 11) is -3.41. The molecular formula is C7H7FINO2S. The molecule has 0 amide bonds. The second kappa shape index (κ2) is 3.79. The maximum atomic E-state index is 13.0. The predicted octanol–water partition coefficient (Wildman–Crippen LogP) is 1.80. The van der Waals surface area contributed by atoms with E-state index in [0.29, 0.717) is 0 Å². The van der Waals surface area contributed by atoms with Crippen LogP contribution in [0.2, 0.25) is 0 Å². The minimum atomic E-state index is -3.41. The monoisotopic (exact) mass is 315 g/mol. The molecule has 6 heteroatoms. The van der Waals surface area contributed by atoms with Gasteiger partial charge in [-0.15, -0.1) is 0 Å². The van der Waals surface area contributed by atoms with E-state index in [1.54, 1.807) is 6.07 Å². The summed E-state index contributed by atoms with van der Waals surface area (Å²) in [5, 5.41) is 0. The summed E-state index contributed by atoms with van der Waals surface area (Å²) in [6.07, 6.45) is 0.978. The zero-order valence-electron chi connectivity index (χ0n) is 6.71. The van der Waals surface area contributed by atoms with Crippen molar-refractivity contribution in [1.29, 1.82) is 0 Å². The average molecular weight is 315 g/mol. The van der Waals surface area contributed by atoms with E-state index in [4.69, 9.17) is 0 Å². The summed E-state index contributed by atoms with van der Waals surface area (Å²) in [5.74, 6) is -0.578. The molecule has 13 heavy (non-hydrogen) atoms. The van der Waals surface area contributed by atoms with E-state index in [9.17, 15) is 12.8 Å². The molecule has 0 spiro atoms. The molecular weight excluding hydrogens is 308 g/mol. The molecule has 1 aromatic carbocycles. The topological polar surface area (TPSA) is 46.2 Å². The number of nitrogens with one attached hydrogen (secondary N) is 1. The van der Waals surface area contributed by atoms with Crippen LogP contribution in [0.4, 0.5) is 10.1 Å². The molecule has 0 aliphatic heterocycles. The summed E-state index contributed by atoms with van der Waals surface area (Å²) in [6, 6.07) is 4.20. The quantitative estimate of drug-likeness (QED) is 0.846. The van der Waals surface area contributed by atoms with Crippen LogP contribution < -0.4 is 4.72 Å². The Morgan fingerprint density at radius 3 is 2.62 bits per heavy atom. The Morgan fingerprint density at radius 2 is 2.08 bits per heavy atom. The van der Waals surface area contributed by atoms with E-state index in [1.165, 1.54) is 12.1 Å². The van der Waals surface area contributed by atoms with Crippen molar-refractivity contribution in [1.82, 2.24) is 0 Å². The number of hydrogen-bond donors (Lipinski definition) is 1. The van der Waals surface area contributed by atoms with Gasteiger partial charge in [0.2, 0.25) is 10.0 Å². The van der Waals surface area contributed by atoms with E-state index >= 15 is 0 Å². The highest BCUT2D eigenvalue weighted by Crippen LogP contribution is 2.18. The van der Waals surface area contributed by atoms with Crippen LogP contribution in [0, 0.1) is 9.39 Å². The molecule has 0 radical (unpaired) electrons. The first-order valence-corrected chi connectivity index (χ1v) is 6.28. The molecule has 0 aliphatic carbocycles. The molecule has 1 N–H and O–H groups in total. The summed E-state index contributed by atoms with van der Waals surface area (Å²) in [5.41, 5.74) is -0.0191. The van der Waals surface area contributed by atoms with E-state index in [0.717, 1.165) is 9.83 Å². The Hall–Kier alpha value is -0.370. The van der Waals surface area contributed by atoms with Crippen LogP contribution in [0.15, 0.2) is 18.2 Å². The third-order valence-corrected chi connectivity index (χ3v) is 2.49. The average Bonchev–Trinajstić information content (AvgIpc) is 1.94. The molecule has 72 valence electrons. The smallest absolute Gasteiger partial charge is 0.229 e. The van der Waals surface area contributed by atoms with Gasteiger partial charge in [0.1, 0.15) is 5.82 Å². The third kappa shape index (κ3) is 3.47. The standard InChI is InChI=1S/C7H7FINO2S/c1-13(11,12)10-7-4-5(9)2-3-6(7)8/h2-4,10H,1H3. The highest BCUT2D eigenvalue weighted by atomic mass is 127.